The molecule has 2 atom stereocenters. The Balaban J connectivity index is 2.28. The Hall–Kier alpha value is -0.930. The van der Waals surface area contributed by atoms with Gasteiger partial charge in [0.1, 0.15) is 5.82 Å². The molecule has 1 aromatic rings. The van der Waals surface area contributed by atoms with Crippen LogP contribution >= 0.6 is 0 Å². The summed E-state index contributed by atoms with van der Waals surface area (Å²) in [6.45, 7) is 5.90. The number of aryl methyl sites for hydroxylation is 1. The second-order valence-electron chi connectivity index (χ2n) is 4.98. The first-order valence-electron chi connectivity index (χ1n) is 6.35. The summed E-state index contributed by atoms with van der Waals surface area (Å²) in [5.74, 6) is -0.170. The largest absolute Gasteiger partial charge is 0.329 e. The normalized spacial score (nSPS) is 22.9. The van der Waals surface area contributed by atoms with Crippen LogP contribution in [0.4, 0.5) is 4.39 Å². The minimum absolute atomic E-state index is 0.170. The molecule has 2 nitrogen and oxygen atoms in total. The maximum Gasteiger partial charge on any atom is 0.123 e. The number of hydrogen-bond donors (Lipinski definition) is 1. The second-order valence-corrected chi connectivity index (χ2v) is 4.98. The van der Waals surface area contributed by atoms with E-state index in [1.807, 2.05) is 13.0 Å². The molecule has 1 saturated heterocycles. The number of nitrogens with two attached hydrogens (primary N) is 1. The molecule has 1 fully saturated rings. The quantitative estimate of drug-likeness (QED) is 0.874. The molecule has 94 valence electrons. The Morgan fingerprint density at radius 1 is 1.53 bits per heavy atom. The van der Waals surface area contributed by atoms with Gasteiger partial charge in [-0.2, -0.15) is 0 Å². The molecule has 17 heavy (non-hydrogen) atoms. The van der Waals surface area contributed by atoms with Crippen LogP contribution in [0.15, 0.2) is 18.2 Å². The fourth-order valence-corrected chi connectivity index (χ4v) is 2.87. The molecule has 0 spiro atoms. The van der Waals surface area contributed by atoms with E-state index >= 15 is 0 Å². The number of halogens is 1. The standard InChI is InChI=1S/C14H21FN2/c1-10-8-12(15)5-6-13(10)14(9-16)17-7-3-4-11(17)2/h5-6,8,11,14H,3-4,7,9,16H2,1-2H3. The van der Waals surface area contributed by atoms with E-state index < -0.39 is 0 Å². The van der Waals surface area contributed by atoms with Crippen molar-refractivity contribution in [2.45, 2.75) is 38.8 Å². The van der Waals surface area contributed by atoms with Gasteiger partial charge in [0, 0.05) is 18.6 Å². The van der Waals surface area contributed by atoms with Crippen LogP contribution in [0.2, 0.25) is 0 Å². The predicted octanol–water partition coefficient (Wildman–Crippen LogP) is 2.62. The van der Waals surface area contributed by atoms with Crippen LogP contribution in [-0.2, 0) is 0 Å². The highest BCUT2D eigenvalue weighted by Crippen LogP contribution is 2.30. The smallest absolute Gasteiger partial charge is 0.123 e. The average molecular weight is 236 g/mol. The van der Waals surface area contributed by atoms with Gasteiger partial charge in [0.05, 0.1) is 0 Å². The van der Waals surface area contributed by atoms with Crippen molar-refractivity contribution in [2.24, 2.45) is 5.73 Å². The first-order chi connectivity index (χ1) is 8.13. The predicted molar refractivity (Wildman–Crippen MR) is 68.3 cm³/mol. The van der Waals surface area contributed by atoms with Crippen LogP contribution in [0.1, 0.15) is 36.9 Å². The highest BCUT2D eigenvalue weighted by Gasteiger charge is 2.28. The van der Waals surface area contributed by atoms with Crippen molar-refractivity contribution in [1.82, 2.24) is 4.90 Å². The Morgan fingerprint density at radius 2 is 2.29 bits per heavy atom. The SMILES string of the molecule is Cc1cc(F)ccc1C(CN)N1CCCC1C. The number of nitrogens with zero attached hydrogens (tertiary/aromatic N) is 1. The molecule has 0 saturated carbocycles. The molecule has 0 bridgehead atoms. The molecule has 0 aromatic heterocycles. The summed E-state index contributed by atoms with van der Waals surface area (Å²) in [7, 11) is 0. The molecular formula is C14H21FN2. The molecule has 3 heteroatoms. The van der Waals surface area contributed by atoms with Gasteiger partial charge in [-0.05, 0) is 56.5 Å². The van der Waals surface area contributed by atoms with Crippen LogP contribution in [0.25, 0.3) is 0 Å². The van der Waals surface area contributed by atoms with Crippen molar-refractivity contribution < 1.29 is 4.39 Å². The zero-order valence-corrected chi connectivity index (χ0v) is 10.6. The van der Waals surface area contributed by atoms with Gasteiger partial charge in [0.15, 0.2) is 0 Å². The van der Waals surface area contributed by atoms with Crippen LogP contribution in [-0.4, -0.2) is 24.0 Å². The molecule has 0 aliphatic carbocycles. The summed E-state index contributed by atoms with van der Waals surface area (Å²) in [6, 6.07) is 5.82. The Morgan fingerprint density at radius 3 is 2.82 bits per heavy atom. The first-order valence-corrected chi connectivity index (χ1v) is 6.35. The van der Waals surface area contributed by atoms with Crippen molar-refractivity contribution >= 4 is 0 Å². The molecule has 1 aromatic carbocycles. The highest BCUT2D eigenvalue weighted by molar-refractivity contribution is 5.30. The molecule has 0 radical (unpaired) electrons. The third-order valence-corrected chi connectivity index (χ3v) is 3.82. The minimum atomic E-state index is -0.170. The van der Waals surface area contributed by atoms with E-state index in [9.17, 15) is 4.39 Å². The van der Waals surface area contributed by atoms with Gasteiger partial charge in [-0.25, -0.2) is 4.39 Å². The summed E-state index contributed by atoms with van der Waals surface area (Å²) in [5.41, 5.74) is 8.09. The summed E-state index contributed by atoms with van der Waals surface area (Å²) < 4.78 is 13.1. The van der Waals surface area contributed by atoms with Crippen LogP contribution in [0.5, 0.6) is 0 Å². The topological polar surface area (TPSA) is 29.3 Å². The molecular weight excluding hydrogens is 215 g/mol. The van der Waals surface area contributed by atoms with Crippen molar-refractivity contribution in [2.75, 3.05) is 13.1 Å². The maximum absolute atomic E-state index is 13.1. The number of likely N-dealkylation sites (tertiary alicyclic amines) is 1. The van der Waals surface area contributed by atoms with E-state index in [1.54, 1.807) is 6.07 Å². The monoisotopic (exact) mass is 236 g/mol. The summed E-state index contributed by atoms with van der Waals surface area (Å²) in [5, 5.41) is 0. The van der Waals surface area contributed by atoms with Gasteiger partial charge in [0.25, 0.3) is 0 Å². The second kappa shape index (κ2) is 5.15. The molecule has 0 amide bonds. The van der Waals surface area contributed by atoms with E-state index in [-0.39, 0.29) is 11.9 Å². The number of hydrogen-bond acceptors (Lipinski definition) is 2. The lowest BCUT2D eigenvalue weighted by Crippen LogP contribution is -2.36. The minimum Gasteiger partial charge on any atom is -0.329 e. The van der Waals surface area contributed by atoms with E-state index in [0.717, 1.165) is 12.1 Å². The highest BCUT2D eigenvalue weighted by atomic mass is 19.1. The van der Waals surface area contributed by atoms with E-state index in [2.05, 4.69) is 11.8 Å². The van der Waals surface area contributed by atoms with Crippen LogP contribution in [0.3, 0.4) is 0 Å². The first kappa shape index (κ1) is 12.5. The summed E-state index contributed by atoms with van der Waals surface area (Å²) >= 11 is 0. The van der Waals surface area contributed by atoms with Gasteiger partial charge in [0.2, 0.25) is 0 Å². The fraction of sp³-hybridized carbons (Fsp3) is 0.571. The van der Waals surface area contributed by atoms with Gasteiger partial charge >= 0.3 is 0 Å². The average Bonchev–Trinajstić information content (AvgIpc) is 2.69. The lowest BCUT2D eigenvalue weighted by atomic mass is 9.99. The third kappa shape index (κ3) is 2.50. The van der Waals surface area contributed by atoms with E-state index in [0.29, 0.717) is 12.6 Å². The molecule has 2 N–H and O–H groups in total. The van der Waals surface area contributed by atoms with E-state index in [4.69, 9.17) is 5.73 Å². The lowest BCUT2D eigenvalue weighted by Gasteiger charge is -2.31. The molecule has 2 rings (SSSR count). The molecule has 1 aliphatic heterocycles. The molecule has 2 unspecified atom stereocenters. The summed E-state index contributed by atoms with van der Waals surface area (Å²) in [4.78, 5) is 2.44. The van der Waals surface area contributed by atoms with Gasteiger partial charge in [-0.3, -0.25) is 4.90 Å². The van der Waals surface area contributed by atoms with E-state index in [1.165, 1.54) is 24.5 Å². The van der Waals surface area contributed by atoms with Gasteiger partial charge in [-0.1, -0.05) is 6.07 Å². The van der Waals surface area contributed by atoms with Crippen molar-refractivity contribution in [3.63, 3.8) is 0 Å². The Kier molecular flexibility index (Phi) is 3.79. The van der Waals surface area contributed by atoms with Crippen LogP contribution < -0.4 is 5.73 Å². The number of rotatable bonds is 3. The lowest BCUT2D eigenvalue weighted by molar-refractivity contribution is 0.195. The number of benzene rings is 1. The van der Waals surface area contributed by atoms with Crippen molar-refractivity contribution in [3.8, 4) is 0 Å². The maximum atomic E-state index is 13.1. The zero-order chi connectivity index (χ0) is 12.4. The zero-order valence-electron chi connectivity index (χ0n) is 10.6. The summed E-state index contributed by atoms with van der Waals surface area (Å²) in [6.07, 6.45) is 2.47. The Bertz CT molecular complexity index is 392. The van der Waals surface area contributed by atoms with Crippen molar-refractivity contribution in [3.05, 3.63) is 35.1 Å². The fourth-order valence-electron chi connectivity index (χ4n) is 2.87. The van der Waals surface area contributed by atoms with Gasteiger partial charge in [-0.15, -0.1) is 0 Å². The molecule has 1 heterocycles. The van der Waals surface area contributed by atoms with Crippen molar-refractivity contribution in [1.29, 1.82) is 0 Å². The van der Waals surface area contributed by atoms with Gasteiger partial charge < -0.3 is 5.73 Å². The molecule has 1 aliphatic rings. The third-order valence-electron chi connectivity index (χ3n) is 3.82. The Labute approximate surface area is 103 Å². The van der Waals surface area contributed by atoms with Crippen LogP contribution in [0, 0.1) is 12.7 Å².